The first-order chi connectivity index (χ1) is 12.2. The van der Waals surface area contributed by atoms with E-state index >= 15 is 0 Å². The molecule has 25 heavy (non-hydrogen) atoms. The largest absolute Gasteiger partial charge is 0.370 e. The summed E-state index contributed by atoms with van der Waals surface area (Å²) >= 11 is 6.15. The van der Waals surface area contributed by atoms with E-state index in [0.717, 1.165) is 47.4 Å². The fourth-order valence-electron chi connectivity index (χ4n) is 3.24. The Kier molecular flexibility index (Phi) is 3.26. The molecule has 1 aliphatic rings. The van der Waals surface area contributed by atoms with E-state index in [2.05, 4.69) is 20.2 Å². The van der Waals surface area contributed by atoms with E-state index in [9.17, 15) is 0 Å². The Balaban J connectivity index is 1.70. The molecule has 1 saturated heterocycles. The lowest BCUT2D eigenvalue weighted by Crippen LogP contribution is -2.01. The molecule has 1 aliphatic heterocycles. The zero-order chi connectivity index (χ0) is 17.0. The van der Waals surface area contributed by atoms with Crippen molar-refractivity contribution in [2.45, 2.75) is 25.9 Å². The number of hydrogen-bond donors (Lipinski definition) is 0. The first-order valence-corrected chi connectivity index (χ1v) is 8.55. The van der Waals surface area contributed by atoms with Crippen LogP contribution in [0.3, 0.4) is 0 Å². The van der Waals surface area contributed by atoms with Gasteiger partial charge in [-0.25, -0.2) is 19.2 Å². The molecule has 4 aromatic rings. The summed E-state index contributed by atoms with van der Waals surface area (Å²) in [6.07, 6.45) is 5.40. The summed E-state index contributed by atoms with van der Waals surface area (Å²) < 4.78 is 9.17. The molecule has 0 amide bonds. The second-order valence-corrected chi connectivity index (χ2v) is 6.65. The molecule has 0 bridgehead atoms. The first-order valence-electron chi connectivity index (χ1n) is 8.18. The summed E-state index contributed by atoms with van der Waals surface area (Å²) in [4.78, 5) is 9.21. The summed E-state index contributed by atoms with van der Waals surface area (Å²) in [5.74, 6) is 0.707. The molecule has 1 fully saturated rings. The maximum absolute atomic E-state index is 6.15. The molecular weight excluding hydrogens is 340 g/mol. The lowest BCUT2D eigenvalue weighted by molar-refractivity contribution is 0.105. The van der Waals surface area contributed by atoms with Crippen LogP contribution in [0.5, 0.6) is 0 Å². The summed E-state index contributed by atoms with van der Waals surface area (Å²) in [7, 11) is 0. The minimum Gasteiger partial charge on any atom is -0.370 e. The highest BCUT2D eigenvalue weighted by molar-refractivity contribution is 6.30. The van der Waals surface area contributed by atoms with Crippen molar-refractivity contribution in [3.05, 3.63) is 47.1 Å². The molecule has 0 spiro atoms. The summed E-state index contributed by atoms with van der Waals surface area (Å²) in [6.45, 7) is 2.78. The van der Waals surface area contributed by atoms with Crippen LogP contribution in [0.4, 0.5) is 0 Å². The minimum atomic E-state index is -0.0276. The topological polar surface area (TPSA) is 70.1 Å². The van der Waals surface area contributed by atoms with Gasteiger partial charge >= 0.3 is 0 Å². The maximum Gasteiger partial charge on any atom is 0.180 e. The van der Waals surface area contributed by atoms with Crippen molar-refractivity contribution in [1.82, 2.24) is 29.4 Å². The van der Waals surface area contributed by atoms with Gasteiger partial charge in [0.1, 0.15) is 12.4 Å². The van der Waals surface area contributed by atoms with Gasteiger partial charge in [0.05, 0.1) is 17.3 Å². The van der Waals surface area contributed by atoms with Crippen molar-refractivity contribution >= 4 is 28.3 Å². The van der Waals surface area contributed by atoms with Gasteiger partial charge in [0.25, 0.3) is 0 Å². The van der Waals surface area contributed by atoms with Crippen molar-refractivity contribution < 1.29 is 4.74 Å². The van der Waals surface area contributed by atoms with E-state index in [1.54, 1.807) is 21.7 Å². The third-order valence-electron chi connectivity index (χ3n) is 4.54. The normalized spacial score (nSPS) is 17.8. The zero-order valence-electron chi connectivity index (χ0n) is 13.6. The van der Waals surface area contributed by atoms with Crippen LogP contribution in [0.25, 0.3) is 22.4 Å². The highest BCUT2D eigenvalue weighted by Gasteiger charge is 2.23. The van der Waals surface area contributed by atoms with Crippen LogP contribution in [-0.2, 0) is 4.74 Å². The van der Waals surface area contributed by atoms with Gasteiger partial charge in [-0.2, -0.15) is 5.10 Å². The van der Waals surface area contributed by atoms with Crippen LogP contribution in [0, 0.1) is 6.92 Å². The molecule has 5 rings (SSSR count). The summed E-state index contributed by atoms with van der Waals surface area (Å²) in [6, 6.07) is 5.72. The number of hydrogen-bond acceptors (Lipinski definition) is 5. The monoisotopic (exact) mass is 354 g/mol. The van der Waals surface area contributed by atoms with Gasteiger partial charge in [-0.15, -0.1) is 5.10 Å². The highest BCUT2D eigenvalue weighted by atomic mass is 35.5. The molecule has 4 heterocycles. The van der Waals surface area contributed by atoms with Crippen LogP contribution in [0.15, 0.2) is 30.7 Å². The van der Waals surface area contributed by atoms with Crippen LogP contribution in [0.2, 0.25) is 5.02 Å². The van der Waals surface area contributed by atoms with Crippen molar-refractivity contribution in [3.8, 4) is 5.69 Å². The highest BCUT2D eigenvalue weighted by Crippen LogP contribution is 2.28. The Morgan fingerprint density at radius 3 is 3.04 bits per heavy atom. The number of fused-ring (bicyclic) bond motifs is 3. The van der Waals surface area contributed by atoms with E-state index in [1.807, 2.05) is 25.1 Å². The molecule has 1 unspecified atom stereocenters. The number of rotatable bonds is 2. The molecule has 8 heteroatoms. The molecule has 0 aliphatic carbocycles. The van der Waals surface area contributed by atoms with E-state index in [0.29, 0.717) is 10.8 Å². The molecule has 126 valence electrons. The van der Waals surface area contributed by atoms with Crippen molar-refractivity contribution in [1.29, 1.82) is 0 Å². The van der Waals surface area contributed by atoms with Crippen molar-refractivity contribution in [2.24, 2.45) is 0 Å². The predicted octanol–water partition coefficient (Wildman–Crippen LogP) is 3.28. The second kappa shape index (κ2) is 5.50. The molecule has 0 radical (unpaired) electrons. The Bertz CT molecular complexity index is 1100. The number of halogens is 1. The van der Waals surface area contributed by atoms with Gasteiger partial charge in [0.2, 0.25) is 0 Å². The standard InChI is InChI=1S/C17H15ClN6O/c1-10-4-5-11(18)7-13(10)24-16-12(8-20-24)17-21-15(14-3-2-6-25-14)22-23(17)9-19-16/h4-5,7-9,14H,2-3,6H2,1H3. The van der Waals surface area contributed by atoms with Crippen molar-refractivity contribution in [3.63, 3.8) is 0 Å². The average Bonchev–Trinajstić information content (AvgIpc) is 3.34. The Hall–Kier alpha value is -2.51. The summed E-state index contributed by atoms with van der Waals surface area (Å²) in [5, 5.41) is 10.5. The van der Waals surface area contributed by atoms with Crippen LogP contribution in [0.1, 0.15) is 30.3 Å². The van der Waals surface area contributed by atoms with Crippen LogP contribution in [-0.4, -0.2) is 36.0 Å². The van der Waals surface area contributed by atoms with Gasteiger partial charge < -0.3 is 4.74 Å². The Labute approximate surface area is 148 Å². The molecule has 1 aromatic carbocycles. The number of benzene rings is 1. The van der Waals surface area contributed by atoms with E-state index in [4.69, 9.17) is 16.3 Å². The molecule has 0 N–H and O–H groups in total. The molecular formula is C17H15ClN6O. The number of nitrogens with zero attached hydrogens (tertiary/aromatic N) is 6. The fourth-order valence-corrected chi connectivity index (χ4v) is 3.41. The molecule has 0 saturated carbocycles. The van der Waals surface area contributed by atoms with Crippen LogP contribution >= 0.6 is 11.6 Å². The first kappa shape index (κ1) is 14.8. The third-order valence-corrected chi connectivity index (χ3v) is 4.77. The average molecular weight is 355 g/mol. The van der Waals surface area contributed by atoms with E-state index in [1.165, 1.54) is 0 Å². The minimum absolute atomic E-state index is 0.0276. The van der Waals surface area contributed by atoms with Gasteiger partial charge in [-0.1, -0.05) is 17.7 Å². The Morgan fingerprint density at radius 1 is 1.28 bits per heavy atom. The van der Waals surface area contributed by atoms with Gasteiger partial charge in [-0.3, -0.25) is 0 Å². The fraction of sp³-hybridized carbons (Fsp3) is 0.294. The smallest absolute Gasteiger partial charge is 0.180 e. The lowest BCUT2D eigenvalue weighted by atomic mass is 10.2. The summed E-state index contributed by atoms with van der Waals surface area (Å²) in [5.41, 5.74) is 3.43. The third kappa shape index (κ3) is 2.31. The second-order valence-electron chi connectivity index (χ2n) is 6.21. The SMILES string of the molecule is Cc1ccc(Cl)cc1-n1ncc2c1ncn1nc(C3CCCO3)nc21. The maximum atomic E-state index is 6.15. The predicted molar refractivity (Wildman–Crippen MR) is 93.1 cm³/mol. The Morgan fingerprint density at radius 2 is 2.20 bits per heavy atom. The van der Waals surface area contributed by atoms with Gasteiger partial charge in [-0.05, 0) is 37.5 Å². The van der Waals surface area contributed by atoms with Crippen molar-refractivity contribution in [2.75, 3.05) is 6.61 Å². The number of ether oxygens (including phenoxy) is 1. The van der Waals surface area contributed by atoms with E-state index in [-0.39, 0.29) is 6.10 Å². The van der Waals surface area contributed by atoms with E-state index < -0.39 is 0 Å². The molecule has 1 atom stereocenters. The number of aryl methyl sites for hydroxylation is 1. The lowest BCUT2D eigenvalue weighted by Gasteiger charge is -2.07. The quantitative estimate of drug-likeness (QED) is 0.552. The number of aromatic nitrogens is 6. The van der Waals surface area contributed by atoms with Gasteiger partial charge in [0, 0.05) is 11.6 Å². The van der Waals surface area contributed by atoms with Crippen LogP contribution < -0.4 is 0 Å². The molecule has 7 nitrogen and oxygen atoms in total. The zero-order valence-corrected chi connectivity index (χ0v) is 14.3. The van der Waals surface area contributed by atoms with Gasteiger partial charge in [0.15, 0.2) is 17.1 Å². The molecule has 3 aromatic heterocycles.